The molecule has 0 aliphatic carbocycles. The highest BCUT2D eigenvalue weighted by atomic mass is 35.6. The van der Waals surface area contributed by atoms with Crippen molar-refractivity contribution in [1.29, 1.82) is 0 Å². The van der Waals surface area contributed by atoms with E-state index in [1.165, 1.54) is 16.4 Å². The van der Waals surface area contributed by atoms with E-state index in [4.69, 9.17) is 52.9 Å². The Balaban J connectivity index is 0.000000294. The van der Waals surface area contributed by atoms with Crippen LogP contribution in [0.25, 0.3) is 11.4 Å². The number of nitrogens with zero attached hydrogens (tertiary/aromatic N) is 8. The Morgan fingerprint density at radius 3 is 1.64 bits per heavy atom. The molecule has 0 radical (unpaired) electrons. The zero-order chi connectivity index (χ0) is 34.7. The van der Waals surface area contributed by atoms with Gasteiger partial charge in [-0.3, -0.25) is 13.3 Å². The van der Waals surface area contributed by atoms with Crippen LogP contribution in [0.5, 0.6) is 0 Å². The number of para-hydroxylation sites is 2. The third kappa shape index (κ3) is 14.7. The van der Waals surface area contributed by atoms with E-state index in [-0.39, 0.29) is 29.4 Å². The van der Waals surface area contributed by atoms with E-state index in [0.29, 0.717) is 24.1 Å². The molecule has 15 nitrogen and oxygen atoms in total. The van der Waals surface area contributed by atoms with Crippen molar-refractivity contribution >= 4 is 72.6 Å². The third-order valence-electron chi connectivity index (χ3n) is 5.02. The minimum absolute atomic E-state index is 0.103. The van der Waals surface area contributed by atoms with Gasteiger partial charge in [0, 0.05) is 0 Å². The van der Waals surface area contributed by atoms with Gasteiger partial charge >= 0.3 is 15.2 Å². The average molecular weight is 792 g/mol. The maximum atomic E-state index is 12.5. The summed E-state index contributed by atoms with van der Waals surface area (Å²) in [7, 11) is -8.28. The fourth-order valence-corrected chi connectivity index (χ4v) is 9.84. The van der Waals surface area contributed by atoms with Crippen molar-refractivity contribution in [2.24, 2.45) is 0 Å². The van der Waals surface area contributed by atoms with Gasteiger partial charge in [-0.05, 0) is 72.8 Å². The molecule has 22 heteroatoms. The molecular formula is C25H35Cl3N8O7P2S2. The summed E-state index contributed by atoms with van der Waals surface area (Å²) in [5.41, 5.74) is 1.38. The number of alkyl halides is 3. The van der Waals surface area contributed by atoms with Crippen LogP contribution in [-0.4, -0.2) is 86.3 Å². The lowest BCUT2D eigenvalue weighted by Crippen LogP contribution is -2.11. The Morgan fingerprint density at radius 2 is 1.15 bits per heavy atom. The van der Waals surface area contributed by atoms with Crippen molar-refractivity contribution in [2.75, 3.05) is 37.4 Å². The maximum absolute atomic E-state index is 12.5. The monoisotopic (exact) mass is 790 g/mol. The summed E-state index contributed by atoms with van der Waals surface area (Å²) < 4.78 is 60.3. The highest BCUT2D eigenvalue weighted by Gasteiger charge is 2.30. The molecule has 1 atom stereocenters. The Bertz CT molecular complexity index is 1550. The van der Waals surface area contributed by atoms with Gasteiger partial charge in [0.2, 0.25) is 10.3 Å². The number of hydrogen-bond acceptors (Lipinski definition) is 14. The smallest absolute Gasteiger partial charge is 0.308 e. The van der Waals surface area contributed by atoms with Gasteiger partial charge in [0.1, 0.15) is 21.8 Å². The minimum atomic E-state index is -3.44. The lowest BCUT2D eigenvalue weighted by atomic mass is 10.3. The molecule has 0 aliphatic heterocycles. The molecule has 0 saturated heterocycles. The van der Waals surface area contributed by atoms with Gasteiger partial charge in [-0.25, -0.2) is 0 Å². The second-order valence-electron chi connectivity index (χ2n) is 8.31. The summed E-state index contributed by atoms with van der Waals surface area (Å²) in [5, 5.41) is 23.3. The highest BCUT2D eigenvalue weighted by molar-refractivity contribution is 8.04. The number of thioether (sulfide) groups is 1. The molecule has 0 fully saturated rings. The lowest BCUT2D eigenvalue weighted by molar-refractivity contribution is 0.223. The van der Waals surface area contributed by atoms with Crippen LogP contribution in [0.3, 0.4) is 0 Å². The van der Waals surface area contributed by atoms with E-state index in [9.17, 15) is 13.3 Å². The molecule has 4 aromatic rings. The van der Waals surface area contributed by atoms with Crippen LogP contribution >= 0.6 is 61.8 Å². The molecule has 0 amide bonds. The standard InChI is InChI=1S/C12H17N4O4PS.C12H17N4O3PS.CHCl3/c1-3-19-21(17,20-4-2)10-22(18)12-13-14-15-16(12)11-8-6-5-7-9-11;1-3-18-20(17,19-4-2)10-21-12-13-14-15-16(12)11-8-6-5-7-9-11;2-1(3)4/h5-9H,3-4,10H2,1-2H3;5-9H,3-4,10H2,1-2H3;1H. The van der Waals surface area contributed by atoms with Crippen LogP contribution in [0, 0.1) is 0 Å². The predicted molar refractivity (Wildman–Crippen MR) is 183 cm³/mol. The second kappa shape index (κ2) is 22.1. The van der Waals surface area contributed by atoms with Crippen LogP contribution in [0.4, 0.5) is 0 Å². The molecule has 0 saturated carbocycles. The summed E-state index contributed by atoms with van der Waals surface area (Å²) >= 11 is 15.7. The van der Waals surface area contributed by atoms with Gasteiger partial charge < -0.3 is 18.1 Å². The zero-order valence-corrected chi connectivity index (χ0v) is 31.6. The SMILES string of the molecule is CCOP(=O)(CS(=O)c1nnnn1-c1ccccc1)OCC.CCOP(=O)(CSc1nnnn1-c1ccccc1)OCC.ClC(Cl)Cl. The van der Waals surface area contributed by atoms with Crippen molar-refractivity contribution in [1.82, 2.24) is 40.4 Å². The molecule has 260 valence electrons. The lowest BCUT2D eigenvalue weighted by Gasteiger charge is -2.16. The van der Waals surface area contributed by atoms with Gasteiger partial charge in [-0.15, -0.1) is 5.10 Å². The Hall–Kier alpha value is -1.75. The van der Waals surface area contributed by atoms with Crippen molar-refractivity contribution in [3.8, 4) is 11.4 Å². The summed E-state index contributed by atoms with van der Waals surface area (Å²) in [4.78, 5) is 0. The number of benzene rings is 2. The van der Waals surface area contributed by atoms with Crippen LogP contribution in [0.2, 0.25) is 0 Å². The molecule has 4 rings (SSSR count). The topological polar surface area (TPSA) is 175 Å². The number of halogens is 3. The molecule has 0 bridgehead atoms. The van der Waals surface area contributed by atoms with Gasteiger partial charge in [-0.1, -0.05) is 88.1 Å². The first-order chi connectivity index (χ1) is 22.5. The van der Waals surface area contributed by atoms with Crippen molar-refractivity contribution in [2.45, 2.75) is 42.3 Å². The molecular weight excluding hydrogens is 757 g/mol. The fraction of sp³-hybridized carbons (Fsp3) is 0.440. The fourth-order valence-electron chi connectivity index (χ4n) is 3.40. The molecule has 47 heavy (non-hydrogen) atoms. The normalized spacial score (nSPS) is 12.2. The van der Waals surface area contributed by atoms with Gasteiger partial charge in [0.25, 0.3) is 0 Å². The van der Waals surface area contributed by atoms with Gasteiger partial charge in [0.05, 0.1) is 37.8 Å². The van der Waals surface area contributed by atoms with Gasteiger partial charge in [-0.2, -0.15) is 9.36 Å². The average Bonchev–Trinajstić information content (AvgIpc) is 3.72. The molecule has 2 aromatic carbocycles. The number of hydrogen-bond donors (Lipinski definition) is 0. The summed E-state index contributed by atoms with van der Waals surface area (Å²) in [6.45, 7) is 8.04. The molecule has 2 aromatic heterocycles. The molecule has 1 unspecified atom stereocenters. The van der Waals surface area contributed by atoms with E-state index >= 15 is 0 Å². The molecule has 0 N–H and O–H groups in total. The summed E-state index contributed by atoms with van der Waals surface area (Å²) in [5.74, 6) is 0. The number of rotatable bonds is 16. The summed E-state index contributed by atoms with van der Waals surface area (Å²) in [6, 6.07) is 18.5. The Labute approximate surface area is 294 Å². The first kappa shape index (κ1) is 41.4. The van der Waals surface area contributed by atoms with E-state index in [0.717, 1.165) is 5.69 Å². The zero-order valence-electron chi connectivity index (χ0n) is 25.9. The number of tetrazole rings is 2. The molecule has 2 heterocycles. The number of aromatic nitrogens is 8. The first-order valence-corrected chi connectivity index (χ1v) is 21.0. The summed E-state index contributed by atoms with van der Waals surface area (Å²) in [6.07, 6.45) is 0. The van der Waals surface area contributed by atoms with Crippen molar-refractivity contribution < 1.29 is 31.4 Å². The van der Waals surface area contributed by atoms with E-state index in [2.05, 4.69) is 31.1 Å². The quantitative estimate of drug-likeness (QED) is 0.0647. The van der Waals surface area contributed by atoms with E-state index in [1.807, 2.05) is 48.5 Å². The maximum Gasteiger partial charge on any atom is 0.343 e. The van der Waals surface area contributed by atoms with Crippen LogP contribution < -0.4 is 0 Å². The highest BCUT2D eigenvalue weighted by Crippen LogP contribution is 2.52. The predicted octanol–water partition coefficient (Wildman–Crippen LogP) is 6.96. The van der Waals surface area contributed by atoms with Crippen LogP contribution in [-0.2, 0) is 38.0 Å². The Kier molecular flexibility index (Phi) is 19.4. The van der Waals surface area contributed by atoms with E-state index in [1.54, 1.807) is 44.5 Å². The Morgan fingerprint density at radius 1 is 0.723 bits per heavy atom. The van der Waals surface area contributed by atoms with Crippen molar-refractivity contribution in [3.05, 3.63) is 60.7 Å². The minimum Gasteiger partial charge on any atom is -0.308 e. The van der Waals surface area contributed by atoms with Crippen molar-refractivity contribution in [3.63, 3.8) is 0 Å². The molecule has 0 aliphatic rings. The first-order valence-electron chi connectivity index (χ1n) is 13.9. The van der Waals surface area contributed by atoms with Crippen LogP contribution in [0.15, 0.2) is 71.0 Å². The van der Waals surface area contributed by atoms with Crippen LogP contribution in [0.1, 0.15) is 27.7 Å². The van der Waals surface area contributed by atoms with E-state index < -0.39 is 30.3 Å². The third-order valence-corrected chi connectivity index (χ3v) is 12.8. The second-order valence-corrected chi connectivity index (χ2v) is 17.5. The van der Waals surface area contributed by atoms with Gasteiger partial charge in [0.15, 0.2) is 4.30 Å². The largest absolute Gasteiger partial charge is 0.343 e. The molecule has 0 spiro atoms.